The molecule has 0 bridgehead atoms. The summed E-state index contributed by atoms with van der Waals surface area (Å²) in [6, 6.07) is 12.6. The molecule has 1 amide bonds. The van der Waals surface area contributed by atoms with Crippen molar-refractivity contribution in [1.82, 2.24) is 10.6 Å². The minimum Gasteiger partial charge on any atom is -0.497 e. The highest BCUT2D eigenvalue weighted by molar-refractivity contribution is 5.88. The summed E-state index contributed by atoms with van der Waals surface area (Å²) in [5.41, 5.74) is 1.04. The lowest BCUT2D eigenvalue weighted by Crippen LogP contribution is -2.38. The van der Waals surface area contributed by atoms with Crippen LogP contribution >= 0.6 is 0 Å². The summed E-state index contributed by atoms with van der Waals surface area (Å²) >= 11 is 0. The third-order valence-corrected chi connectivity index (χ3v) is 4.65. The number of hydrogen-bond acceptors (Lipinski definition) is 3. The number of ether oxygens (including phenoxy) is 1. The van der Waals surface area contributed by atoms with E-state index in [2.05, 4.69) is 22.8 Å². The van der Waals surface area contributed by atoms with Gasteiger partial charge in [-0.3, -0.25) is 4.79 Å². The Morgan fingerprint density at radius 1 is 1.30 bits per heavy atom. The minimum absolute atomic E-state index is 0.0894. The fraction of sp³-hybridized carbons (Fsp3) is 0.421. The number of hydrogen-bond donors (Lipinski definition) is 2. The third-order valence-electron chi connectivity index (χ3n) is 4.65. The Kier molecular flexibility index (Phi) is 4.82. The fourth-order valence-corrected chi connectivity index (χ4v) is 3.10. The third kappa shape index (κ3) is 3.64. The van der Waals surface area contributed by atoms with Crippen LogP contribution < -0.4 is 15.4 Å². The van der Waals surface area contributed by atoms with Crippen LogP contribution in [0.4, 0.5) is 0 Å². The number of carbonyl (C=O) groups is 1. The Labute approximate surface area is 137 Å². The van der Waals surface area contributed by atoms with E-state index in [0.717, 1.165) is 35.1 Å². The first-order valence-corrected chi connectivity index (χ1v) is 8.26. The highest BCUT2D eigenvalue weighted by Crippen LogP contribution is 2.25. The van der Waals surface area contributed by atoms with Crippen molar-refractivity contribution in [2.24, 2.45) is 0 Å². The monoisotopic (exact) mass is 312 g/mol. The van der Waals surface area contributed by atoms with Crippen LogP contribution in [0.1, 0.15) is 31.2 Å². The molecule has 122 valence electrons. The molecule has 1 fully saturated rings. The van der Waals surface area contributed by atoms with E-state index in [-0.39, 0.29) is 11.8 Å². The van der Waals surface area contributed by atoms with Crippen LogP contribution in [0.3, 0.4) is 0 Å². The summed E-state index contributed by atoms with van der Waals surface area (Å²) in [4.78, 5) is 12.4. The Bertz CT molecular complexity index is 693. The molecule has 0 aliphatic carbocycles. The van der Waals surface area contributed by atoms with Gasteiger partial charge in [0.1, 0.15) is 5.75 Å². The van der Waals surface area contributed by atoms with Crippen LogP contribution in [0.5, 0.6) is 5.75 Å². The molecule has 1 aliphatic heterocycles. The maximum atomic E-state index is 12.4. The van der Waals surface area contributed by atoms with Gasteiger partial charge in [-0.2, -0.15) is 0 Å². The lowest BCUT2D eigenvalue weighted by Gasteiger charge is -2.16. The maximum Gasteiger partial charge on any atom is 0.227 e. The molecule has 3 rings (SSSR count). The lowest BCUT2D eigenvalue weighted by molar-refractivity contribution is -0.122. The lowest BCUT2D eigenvalue weighted by atomic mass is 9.97. The quantitative estimate of drug-likeness (QED) is 0.892. The zero-order valence-corrected chi connectivity index (χ0v) is 13.8. The highest BCUT2D eigenvalue weighted by Gasteiger charge is 2.19. The van der Waals surface area contributed by atoms with Crippen LogP contribution in [-0.2, 0) is 4.79 Å². The number of carbonyl (C=O) groups excluding carboxylic acids is 1. The average Bonchev–Trinajstić information content (AvgIpc) is 3.11. The van der Waals surface area contributed by atoms with Crippen LogP contribution in [-0.4, -0.2) is 32.1 Å². The molecule has 0 spiro atoms. The SMILES string of the molecule is COc1ccc2cc(C(C)C(=O)NCC3CCCN3)ccc2c1. The predicted octanol–water partition coefficient (Wildman–Crippen LogP) is 2.82. The molecule has 1 aliphatic rings. The van der Waals surface area contributed by atoms with Gasteiger partial charge in [-0.05, 0) is 54.8 Å². The maximum absolute atomic E-state index is 12.4. The number of methoxy groups -OCH3 is 1. The molecule has 2 atom stereocenters. The topological polar surface area (TPSA) is 50.4 Å². The zero-order chi connectivity index (χ0) is 16.2. The molecule has 4 nitrogen and oxygen atoms in total. The van der Waals surface area contributed by atoms with Gasteiger partial charge in [-0.15, -0.1) is 0 Å². The van der Waals surface area contributed by atoms with Crippen molar-refractivity contribution in [3.63, 3.8) is 0 Å². The Hall–Kier alpha value is -2.07. The number of rotatable bonds is 5. The molecular weight excluding hydrogens is 288 g/mol. The minimum atomic E-state index is -0.150. The largest absolute Gasteiger partial charge is 0.497 e. The Morgan fingerprint density at radius 2 is 2.09 bits per heavy atom. The number of fused-ring (bicyclic) bond motifs is 1. The van der Waals surface area contributed by atoms with Crippen LogP contribution in [0.25, 0.3) is 10.8 Å². The van der Waals surface area contributed by atoms with E-state index < -0.39 is 0 Å². The molecule has 1 heterocycles. The molecule has 0 radical (unpaired) electrons. The standard InChI is InChI=1S/C19H24N2O2/c1-13(19(22)21-12-17-4-3-9-20-17)14-5-6-16-11-18(23-2)8-7-15(16)10-14/h5-8,10-11,13,17,20H,3-4,9,12H2,1-2H3,(H,21,22). The van der Waals surface area contributed by atoms with Crippen LogP contribution in [0, 0.1) is 0 Å². The molecule has 2 N–H and O–H groups in total. The summed E-state index contributed by atoms with van der Waals surface area (Å²) in [5.74, 6) is 0.787. The summed E-state index contributed by atoms with van der Waals surface area (Å²) in [7, 11) is 1.67. The molecule has 2 unspecified atom stereocenters. The number of nitrogens with one attached hydrogen (secondary N) is 2. The highest BCUT2D eigenvalue weighted by atomic mass is 16.5. The van der Waals surface area contributed by atoms with Crippen LogP contribution in [0.15, 0.2) is 36.4 Å². The first-order chi connectivity index (χ1) is 11.2. The van der Waals surface area contributed by atoms with E-state index >= 15 is 0 Å². The summed E-state index contributed by atoms with van der Waals surface area (Å²) in [5, 5.41) is 8.71. The van der Waals surface area contributed by atoms with E-state index in [0.29, 0.717) is 12.6 Å². The van der Waals surface area contributed by atoms with Crippen molar-refractivity contribution in [1.29, 1.82) is 0 Å². The van der Waals surface area contributed by atoms with Crippen molar-refractivity contribution in [2.75, 3.05) is 20.2 Å². The second-order valence-corrected chi connectivity index (χ2v) is 6.23. The zero-order valence-electron chi connectivity index (χ0n) is 13.8. The fourth-order valence-electron chi connectivity index (χ4n) is 3.10. The second kappa shape index (κ2) is 7.01. The first kappa shape index (κ1) is 15.8. The van der Waals surface area contributed by atoms with Gasteiger partial charge in [-0.1, -0.05) is 24.3 Å². The smallest absolute Gasteiger partial charge is 0.227 e. The van der Waals surface area contributed by atoms with Gasteiger partial charge >= 0.3 is 0 Å². The summed E-state index contributed by atoms with van der Waals surface area (Å²) in [6.45, 7) is 3.74. The number of amides is 1. The molecule has 23 heavy (non-hydrogen) atoms. The average molecular weight is 312 g/mol. The molecular formula is C19H24N2O2. The van der Waals surface area contributed by atoms with Crippen molar-refractivity contribution in [3.05, 3.63) is 42.0 Å². The van der Waals surface area contributed by atoms with Crippen molar-refractivity contribution < 1.29 is 9.53 Å². The van der Waals surface area contributed by atoms with Crippen molar-refractivity contribution in [3.8, 4) is 5.75 Å². The van der Waals surface area contributed by atoms with E-state index in [1.807, 2.05) is 31.2 Å². The number of benzene rings is 2. The van der Waals surface area contributed by atoms with Gasteiger partial charge in [0.2, 0.25) is 5.91 Å². The van der Waals surface area contributed by atoms with Crippen molar-refractivity contribution >= 4 is 16.7 Å². The van der Waals surface area contributed by atoms with Crippen molar-refractivity contribution in [2.45, 2.75) is 31.7 Å². The molecule has 2 aromatic rings. The normalized spacial score (nSPS) is 18.8. The molecule has 4 heteroatoms. The van der Waals surface area contributed by atoms with E-state index in [1.165, 1.54) is 6.42 Å². The molecule has 2 aromatic carbocycles. The van der Waals surface area contributed by atoms with E-state index in [9.17, 15) is 4.79 Å². The molecule has 1 saturated heterocycles. The summed E-state index contributed by atoms with van der Waals surface area (Å²) < 4.78 is 5.25. The predicted molar refractivity (Wildman–Crippen MR) is 92.9 cm³/mol. The first-order valence-electron chi connectivity index (χ1n) is 8.26. The van der Waals surface area contributed by atoms with Gasteiger partial charge in [0.25, 0.3) is 0 Å². The van der Waals surface area contributed by atoms with E-state index in [1.54, 1.807) is 7.11 Å². The second-order valence-electron chi connectivity index (χ2n) is 6.23. The van der Waals surface area contributed by atoms with Gasteiger partial charge in [0.05, 0.1) is 13.0 Å². The van der Waals surface area contributed by atoms with Crippen LogP contribution in [0.2, 0.25) is 0 Å². The molecule has 0 saturated carbocycles. The van der Waals surface area contributed by atoms with Gasteiger partial charge in [-0.25, -0.2) is 0 Å². The summed E-state index contributed by atoms with van der Waals surface area (Å²) in [6.07, 6.45) is 2.34. The van der Waals surface area contributed by atoms with Gasteiger partial charge < -0.3 is 15.4 Å². The van der Waals surface area contributed by atoms with Gasteiger partial charge in [0.15, 0.2) is 0 Å². The van der Waals surface area contributed by atoms with E-state index in [4.69, 9.17) is 4.74 Å². The Morgan fingerprint density at radius 3 is 2.83 bits per heavy atom. The van der Waals surface area contributed by atoms with Gasteiger partial charge in [0, 0.05) is 12.6 Å². The molecule has 0 aromatic heterocycles. The Balaban J connectivity index is 1.69.